The van der Waals surface area contributed by atoms with Crippen molar-refractivity contribution in [2.45, 2.75) is 45.2 Å². The summed E-state index contributed by atoms with van der Waals surface area (Å²) in [6.45, 7) is 8.45. The molecule has 4 nitrogen and oxygen atoms in total. The molecule has 0 heterocycles. The molecule has 0 bridgehead atoms. The standard InChI is InChI=1S/C19H27NO3S/c1-5-19(21)20(17-10-15(11-17)13-24(4,22)23)12-16-8-6-7-9-18(16)14(2)3/h5-9,14-15,17H,1,10-13H2,2-4H3. The normalized spacial score (nSPS) is 20.5. The van der Waals surface area contributed by atoms with Crippen LogP contribution in [0, 0.1) is 5.92 Å². The molecule has 0 N–H and O–H groups in total. The summed E-state index contributed by atoms with van der Waals surface area (Å²) in [5, 5.41) is 0. The van der Waals surface area contributed by atoms with Gasteiger partial charge in [0.1, 0.15) is 9.84 Å². The number of benzene rings is 1. The van der Waals surface area contributed by atoms with Crippen LogP contribution in [0.15, 0.2) is 36.9 Å². The molecule has 24 heavy (non-hydrogen) atoms. The largest absolute Gasteiger partial charge is 0.332 e. The first kappa shape index (κ1) is 18.7. The highest BCUT2D eigenvalue weighted by atomic mass is 32.2. The Balaban J connectivity index is 2.12. The first-order valence-electron chi connectivity index (χ1n) is 8.39. The minimum atomic E-state index is -2.96. The van der Waals surface area contributed by atoms with Crippen LogP contribution >= 0.6 is 0 Å². The molecule has 1 fully saturated rings. The van der Waals surface area contributed by atoms with Gasteiger partial charge < -0.3 is 4.90 Å². The van der Waals surface area contributed by atoms with Gasteiger partial charge in [0.2, 0.25) is 5.91 Å². The van der Waals surface area contributed by atoms with Crippen LogP contribution in [0.5, 0.6) is 0 Å². The van der Waals surface area contributed by atoms with Crippen molar-refractivity contribution in [2.24, 2.45) is 5.92 Å². The number of carbonyl (C=O) groups excluding carboxylic acids is 1. The van der Waals surface area contributed by atoms with Gasteiger partial charge in [-0.15, -0.1) is 0 Å². The van der Waals surface area contributed by atoms with Gasteiger partial charge in [0.25, 0.3) is 0 Å². The van der Waals surface area contributed by atoms with E-state index in [1.54, 1.807) is 0 Å². The fourth-order valence-electron chi connectivity index (χ4n) is 3.45. The molecule has 0 atom stereocenters. The Morgan fingerprint density at radius 1 is 1.33 bits per heavy atom. The zero-order chi connectivity index (χ0) is 17.9. The molecule has 1 saturated carbocycles. The van der Waals surface area contributed by atoms with Gasteiger partial charge in [-0.1, -0.05) is 44.7 Å². The lowest BCUT2D eigenvalue weighted by molar-refractivity contribution is -0.131. The Morgan fingerprint density at radius 2 is 1.96 bits per heavy atom. The molecule has 1 amide bonds. The highest BCUT2D eigenvalue weighted by Crippen LogP contribution is 2.34. The molecular formula is C19H27NO3S. The summed E-state index contributed by atoms with van der Waals surface area (Å²) < 4.78 is 22.8. The monoisotopic (exact) mass is 349 g/mol. The molecule has 1 aliphatic carbocycles. The summed E-state index contributed by atoms with van der Waals surface area (Å²) in [6.07, 6.45) is 4.11. The lowest BCUT2D eigenvalue weighted by Crippen LogP contribution is -2.48. The minimum absolute atomic E-state index is 0.0867. The predicted molar refractivity (Wildman–Crippen MR) is 97.5 cm³/mol. The van der Waals surface area contributed by atoms with E-state index in [0.29, 0.717) is 12.5 Å². The van der Waals surface area contributed by atoms with Crippen LogP contribution in [0.4, 0.5) is 0 Å². The zero-order valence-electron chi connectivity index (χ0n) is 14.7. The van der Waals surface area contributed by atoms with Crippen LogP contribution in [-0.4, -0.2) is 37.3 Å². The number of nitrogens with zero attached hydrogens (tertiary/aromatic N) is 1. The van der Waals surface area contributed by atoms with Crippen molar-refractivity contribution in [3.8, 4) is 0 Å². The van der Waals surface area contributed by atoms with Gasteiger partial charge in [0, 0.05) is 18.8 Å². The Hall–Kier alpha value is -1.62. The molecule has 0 aromatic heterocycles. The van der Waals surface area contributed by atoms with E-state index in [9.17, 15) is 13.2 Å². The fourth-order valence-corrected chi connectivity index (χ4v) is 4.58. The number of amides is 1. The third kappa shape index (κ3) is 4.69. The summed E-state index contributed by atoms with van der Waals surface area (Å²) >= 11 is 0. The molecular weight excluding hydrogens is 322 g/mol. The van der Waals surface area contributed by atoms with E-state index >= 15 is 0 Å². The van der Waals surface area contributed by atoms with Crippen molar-refractivity contribution >= 4 is 15.7 Å². The summed E-state index contributed by atoms with van der Waals surface area (Å²) in [5.41, 5.74) is 2.39. The Bertz CT molecular complexity index is 703. The third-order valence-electron chi connectivity index (χ3n) is 4.67. The quantitative estimate of drug-likeness (QED) is 0.711. The maximum Gasteiger partial charge on any atom is 0.246 e. The maximum absolute atomic E-state index is 12.3. The number of carbonyl (C=O) groups is 1. The molecule has 5 heteroatoms. The van der Waals surface area contributed by atoms with Gasteiger partial charge in [-0.3, -0.25) is 4.79 Å². The lowest BCUT2D eigenvalue weighted by atomic mass is 9.80. The molecule has 1 aromatic rings. The van der Waals surface area contributed by atoms with E-state index in [1.807, 2.05) is 17.0 Å². The third-order valence-corrected chi connectivity index (χ3v) is 5.74. The van der Waals surface area contributed by atoms with Crippen molar-refractivity contribution in [2.75, 3.05) is 12.0 Å². The van der Waals surface area contributed by atoms with E-state index in [4.69, 9.17) is 0 Å². The SMILES string of the molecule is C=CC(=O)N(Cc1ccccc1C(C)C)C1CC(CS(C)(=O)=O)C1. The van der Waals surface area contributed by atoms with Crippen LogP contribution in [0.25, 0.3) is 0 Å². The second-order valence-electron chi connectivity index (χ2n) is 7.11. The van der Waals surface area contributed by atoms with Gasteiger partial charge in [-0.25, -0.2) is 8.42 Å². The van der Waals surface area contributed by atoms with Gasteiger partial charge in [0.15, 0.2) is 0 Å². The molecule has 0 radical (unpaired) electrons. The molecule has 0 saturated heterocycles. The highest BCUT2D eigenvalue weighted by Gasteiger charge is 2.37. The second-order valence-corrected chi connectivity index (χ2v) is 9.29. The van der Waals surface area contributed by atoms with E-state index in [-0.39, 0.29) is 23.6 Å². The van der Waals surface area contributed by atoms with Crippen LogP contribution < -0.4 is 0 Å². The van der Waals surface area contributed by atoms with Gasteiger partial charge in [-0.05, 0) is 41.9 Å². The van der Waals surface area contributed by atoms with E-state index < -0.39 is 9.84 Å². The van der Waals surface area contributed by atoms with Crippen molar-refractivity contribution in [1.29, 1.82) is 0 Å². The van der Waals surface area contributed by atoms with E-state index in [2.05, 4.69) is 32.6 Å². The molecule has 1 aliphatic rings. The van der Waals surface area contributed by atoms with E-state index in [0.717, 1.165) is 18.4 Å². The lowest BCUT2D eigenvalue weighted by Gasteiger charge is -2.42. The second kappa shape index (κ2) is 7.51. The van der Waals surface area contributed by atoms with E-state index in [1.165, 1.54) is 17.9 Å². The smallest absolute Gasteiger partial charge is 0.246 e. The predicted octanol–water partition coefficient (Wildman–Crippen LogP) is 3.15. The summed E-state index contributed by atoms with van der Waals surface area (Å²) in [7, 11) is -2.96. The van der Waals surface area contributed by atoms with Gasteiger partial charge in [0.05, 0.1) is 5.75 Å². The van der Waals surface area contributed by atoms with Crippen LogP contribution in [0.1, 0.15) is 43.7 Å². The van der Waals surface area contributed by atoms with Crippen molar-refractivity contribution in [3.63, 3.8) is 0 Å². The number of rotatable bonds is 7. The molecule has 1 aromatic carbocycles. The van der Waals surface area contributed by atoms with Crippen LogP contribution in [0.2, 0.25) is 0 Å². The molecule has 0 unspecified atom stereocenters. The minimum Gasteiger partial charge on any atom is -0.332 e. The molecule has 0 aliphatic heterocycles. The Labute approximate surface area is 145 Å². The van der Waals surface area contributed by atoms with Crippen LogP contribution in [0.3, 0.4) is 0 Å². The van der Waals surface area contributed by atoms with Crippen molar-refractivity contribution in [1.82, 2.24) is 4.90 Å². The average Bonchev–Trinajstić information content (AvgIpc) is 2.47. The highest BCUT2D eigenvalue weighted by molar-refractivity contribution is 7.90. The summed E-state index contributed by atoms with van der Waals surface area (Å²) in [4.78, 5) is 14.2. The van der Waals surface area contributed by atoms with Crippen molar-refractivity contribution < 1.29 is 13.2 Å². The van der Waals surface area contributed by atoms with Crippen molar-refractivity contribution in [3.05, 3.63) is 48.0 Å². The summed E-state index contributed by atoms with van der Waals surface area (Å²) in [5.74, 6) is 0.672. The zero-order valence-corrected chi connectivity index (χ0v) is 15.6. The van der Waals surface area contributed by atoms with Gasteiger partial charge >= 0.3 is 0 Å². The molecule has 132 valence electrons. The fraction of sp³-hybridized carbons (Fsp3) is 0.526. The number of sulfone groups is 1. The topological polar surface area (TPSA) is 54.5 Å². The first-order valence-corrected chi connectivity index (χ1v) is 10.5. The first-order chi connectivity index (χ1) is 11.2. The number of hydrogen-bond acceptors (Lipinski definition) is 3. The Morgan fingerprint density at radius 3 is 2.50 bits per heavy atom. The molecule has 0 spiro atoms. The summed E-state index contributed by atoms with van der Waals surface area (Å²) in [6, 6.07) is 8.27. The van der Waals surface area contributed by atoms with Crippen LogP contribution in [-0.2, 0) is 21.2 Å². The maximum atomic E-state index is 12.3. The van der Waals surface area contributed by atoms with Gasteiger partial charge in [-0.2, -0.15) is 0 Å². The Kier molecular flexibility index (Phi) is 5.86. The number of hydrogen-bond donors (Lipinski definition) is 0. The average molecular weight is 349 g/mol. The molecule has 2 rings (SSSR count).